The van der Waals surface area contributed by atoms with Crippen LogP contribution in [0.2, 0.25) is 0 Å². The van der Waals surface area contributed by atoms with E-state index >= 15 is 0 Å². The summed E-state index contributed by atoms with van der Waals surface area (Å²) in [5.74, 6) is 0.776. The van der Waals surface area contributed by atoms with Gasteiger partial charge in [-0.05, 0) is 39.2 Å². The summed E-state index contributed by atoms with van der Waals surface area (Å²) in [6.07, 6.45) is 1.76. The molecule has 0 bridgehead atoms. The van der Waals surface area contributed by atoms with E-state index in [0.717, 1.165) is 37.7 Å². The Hall–Kier alpha value is -2.96. The van der Waals surface area contributed by atoms with Crippen LogP contribution in [0.5, 0.6) is 5.75 Å². The molecule has 0 atom stereocenters. The van der Waals surface area contributed by atoms with Gasteiger partial charge in [-0.25, -0.2) is 4.98 Å². The number of nitrogens with one attached hydrogen (secondary N) is 1. The molecule has 0 aliphatic carbocycles. The van der Waals surface area contributed by atoms with Crippen molar-refractivity contribution in [3.8, 4) is 17.0 Å². The normalized spacial score (nSPS) is 10.9. The van der Waals surface area contributed by atoms with Crippen molar-refractivity contribution in [1.82, 2.24) is 4.98 Å². The number of ether oxygens (including phenoxy) is 1. The number of anilines is 1. The summed E-state index contributed by atoms with van der Waals surface area (Å²) in [6, 6.07) is 26.1. The van der Waals surface area contributed by atoms with Crippen molar-refractivity contribution in [3.63, 3.8) is 0 Å². The van der Waals surface area contributed by atoms with Crippen LogP contribution in [-0.2, 0) is 6.61 Å². The zero-order valence-electron chi connectivity index (χ0n) is 15.5. The van der Waals surface area contributed by atoms with E-state index in [1.807, 2.05) is 84.2 Å². The third-order valence-electron chi connectivity index (χ3n) is 4.14. The fraction of sp³-hybridized carbons (Fsp3) is 0.0435. The molecule has 0 saturated heterocycles. The monoisotopic (exact) mass is 463 g/mol. The lowest BCUT2D eigenvalue weighted by molar-refractivity contribution is 0.304. The van der Waals surface area contributed by atoms with Crippen LogP contribution in [-0.4, -0.2) is 11.2 Å². The number of hydrogen-bond donors (Lipinski definition) is 1. The van der Waals surface area contributed by atoms with E-state index in [0.29, 0.717) is 6.61 Å². The number of halogens is 1. The van der Waals surface area contributed by atoms with E-state index in [1.54, 1.807) is 6.21 Å². The predicted molar refractivity (Wildman–Crippen MR) is 124 cm³/mol. The number of hydrogen-bond acceptors (Lipinski definition) is 5. The van der Waals surface area contributed by atoms with E-state index in [4.69, 9.17) is 4.74 Å². The van der Waals surface area contributed by atoms with E-state index in [2.05, 4.69) is 31.4 Å². The topological polar surface area (TPSA) is 46.5 Å². The lowest BCUT2D eigenvalue weighted by atomic mass is 10.2. The van der Waals surface area contributed by atoms with Gasteiger partial charge in [0.1, 0.15) is 12.4 Å². The maximum absolute atomic E-state index is 5.94. The van der Waals surface area contributed by atoms with Crippen LogP contribution < -0.4 is 10.2 Å². The molecule has 1 aromatic heterocycles. The molecule has 4 rings (SSSR count). The SMILES string of the molecule is Brc1ccc(C=NNc2nc(-c3ccccc3)cs2)cc1OCc1ccccc1. The Labute approximate surface area is 182 Å². The number of benzene rings is 3. The summed E-state index contributed by atoms with van der Waals surface area (Å²) in [5.41, 5.74) is 7.09. The van der Waals surface area contributed by atoms with E-state index in [-0.39, 0.29) is 0 Å². The number of thiazole rings is 1. The lowest BCUT2D eigenvalue weighted by Gasteiger charge is -2.09. The molecule has 0 aliphatic heterocycles. The average molecular weight is 464 g/mol. The van der Waals surface area contributed by atoms with Crippen LogP contribution in [0.1, 0.15) is 11.1 Å². The molecule has 0 amide bonds. The highest BCUT2D eigenvalue weighted by molar-refractivity contribution is 9.10. The second kappa shape index (κ2) is 9.49. The molecule has 0 unspecified atom stereocenters. The standard InChI is InChI=1S/C23H18BrN3OS/c24-20-12-11-18(13-22(20)28-15-17-7-3-1-4-8-17)14-25-27-23-26-21(16-29-23)19-9-5-2-6-10-19/h1-14,16H,15H2,(H,26,27). The highest BCUT2D eigenvalue weighted by Crippen LogP contribution is 2.27. The van der Waals surface area contributed by atoms with Crippen LogP contribution in [0.25, 0.3) is 11.3 Å². The highest BCUT2D eigenvalue weighted by atomic mass is 79.9. The molecule has 0 saturated carbocycles. The lowest BCUT2D eigenvalue weighted by Crippen LogP contribution is -1.97. The van der Waals surface area contributed by atoms with Crippen molar-refractivity contribution < 1.29 is 4.74 Å². The summed E-state index contributed by atoms with van der Waals surface area (Å²) in [7, 11) is 0. The minimum absolute atomic E-state index is 0.514. The quantitative estimate of drug-likeness (QED) is 0.248. The molecule has 4 aromatic rings. The first kappa shape index (κ1) is 19.4. The fourth-order valence-electron chi connectivity index (χ4n) is 2.67. The third-order valence-corrected chi connectivity index (χ3v) is 5.54. The van der Waals surface area contributed by atoms with Crippen LogP contribution in [0.15, 0.2) is 93.8 Å². The molecule has 0 spiro atoms. The molecule has 1 heterocycles. The molecule has 0 aliphatic rings. The molecule has 29 heavy (non-hydrogen) atoms. The number of aromatic nitrogens is 1. The zero-order chi connectivity index (χ0) is 19.9. The Morgan fingerprint density at radius 2 is 1.76 bits per heavy atom. The van der Waals surface area contributed by atoms with E-state index < -0.39 is 0 Å². The molecule has 0 radical (unpaired) electrons. The Morgan fingerprint density at radius 3 is 2.55 bits per heavy atom. The van der Waals surface area contributed by atoms with Crippen molar-refractivity contribution >= 4 is 38.6 Å². The fourth-order valence-corrected chi connectivity index (χ4v) is 3.70. The maximum atomic E-state index is 5.94. The van der Waals surface area contributed by atoms with Gasteiger partial charge in [-0.15, -0.1) is 11.3 Å². The second-order valence-corrected chi connectivity index (χ2v) is 7.95. The molecule has 144 valence electrons. The van der Waals surface area contributed by atoms with E-state index in [9.17, 15) is 0 Å². The van der Waals surface area contributed by atoms with Crippen molar-refractivity contribution in [3.05, 3.63) is 99.8 Å². The number of nitrogens with zero attached hydrogens (tertiary/aromatic N) is 2. The molecule has 1 N–H and O–H groups in total. The molecule has 3 aromatic carbocycles. The van der Waals surface area contributed by atoms with Gasteiger partial charge in [0.05, 0.1) is 16.4 Å². The van der Waals surface area contributed by atoms with E-state index in [1.165, 1.54) is 11.3 Å². The van der Waals surface area contributed by atoms with Gasteiger partial charge in [0, 0.05) is 10.9 Å². The van der Waals surface area contributed by atoms with Gasteiger partial charge >= 0.3 is 0 Å². The van der Waals surface area contributed by atoms with Gasteiger partial charge in [0.2, 0.25) is 5.13 Å². The van der Waals surface area contributed by atoms with Crippen molar-refractivity contribution in [2.45, 2.75) is 6.61 Å². The van der Waals surface area contributed by atoms with Crippen molar-refractivity contribution in [2.24, 2.45) is 5.10 Å². The molecule has 4 nitrogen and oxygen atoms in total. The second-order valence-electron chi connectivity index (χ2n) is 6.24. The smallest absolute Gasteiger partial charge is 0.203 e. The summed E-state index contributed by atoms with van der Waals surface area (Å²) in [5, 5.41) is 7.07. The summed E-state index contributed by atoms with van der Waals surface area (Å²) >= 11 is 5.06. The third kappa shape index (κ3) is 5.31. The van der Waals surface area contributed by atoms with Crippen LogP contribution in [0, 0.1) is 0 Å². The Bertz CT molecular complexity index is 1100. The van der Waals surface area contributed by atoms with Crippen LogP contribution in [0.4, 0.5) is 5.13 Å². The van der Waals surface area contributed by atoms with Crippen molar-refractivity contribution in [1.29, 1.82) is 0 Å². The summed E-state index contributed by atoms with van der Waals surface area (Å²) in [4.78, 5) is 4.57. The van der Waals surface area contributed by atoms with Gasteiger partial charge < -0.3 is 4.74 Å². The average Bonchev–Trinajstić information content (AvgIpc) is 3.24. The predicted octanol–water partition coefficient (Wildman–Crippen LogP) is 6.60. The largest absolute Gasteiger partial charge is 0.488 e. The minimum atomic E-state index is 0.514. The van der Waals surface area contributed by atoms with Crippen LogP contribution in [0.3, 0.4) is 0 Å². The van der Waals surface area contributed by atoms with Gasteiger partial charge in [-0.3, -0.25) is 5.43 Å². The Balaban J connectivity index is 1.39. The summed E-state index contributed by atoms with van der Waals surface area (Å²) in [6.45, 7) is 0.514. The van der Waals surface area contributed by atoms with Gasteiger partial charge in [-0.2, -0.15) is 5.10 Å². The molecular formula is C23H18BrN3OS. The number of rotatable bonds is 7. The van der Waals surface area contributed by atoms with Crippen LogP contribution >= 0.6 is 27.3 Å². The van der Waals surface area contributed by atoms with Gasteiger partial charge in [-0.1, -0.05) is 66.7 Å². The maximum Gasteiger partial charge on any atom is 0.203 e. The highest BCUT2D eigenvalue weighted by Gasteiger charge is 2.04. The first-order valence-electron chi connectivity index (χ1n) is 9.04. The first-order valence-corrected chi connectivity index (χ1v) is 10.7. The Kier molecular flexibility index (Phi) is 6.34. The van der Waals surface area contributed by atoms with Crippen molar-refractivity contribution in [2.75, 3.05) is 5.43 Å². The minimum Gasteiger partial charge on any atom is -0.488 e. The zero-order valence-corrected chi connectivity index (χ0v) is 17.9. The molecule has 6 heteroatoms. The molecular weight excluding hydrogens is 446 g/mol. The first-order chi connectivity index (χ1) is 14.3. The number of hydrazone groups is 1. The summed E-state index contributed by atoms with van der Waals surface area (Å²) < 4.78 is 6.85. The Morgan fingerprint density at radius 1 is 1.00 bits per heavy atom. The molecule has 0 fully saturated rings. The van der Waals surface area contributed by atoms with Gasteiger partial charge in [0.15, 0.2) is 0 Å². The van der Waals surface area contributed by atoms with Gasteiger partial charge in [0.25, 0.3) is 0 Å².